The van der Waals surface area contributed by atoms with Crippen molar-refractivity contribution in [2.45, 2.75) is 6.54 Å². The topological polar surface area (TPSA) is 59.8 Å². The van der Waals surface area contributed by atoms with Gasteiger partial charge in [-0.3, -0.25) is 9.78 Å². The van der Waals surface area contributed by atoms with Crippen LogP contribution in [0.2, 0.25) is 10.0 Å². The van der Waals surface area contributed by atoms with Crippen molar-refractivity contribution in [3.05, 3.63) is 88.2 Å². The number of benzene rings is 2. The second-order valence-corrected chi connectivity index (χ2v) is 6.78. The lowest BCUT2D eigenvalue weighted by atomic mass is 10.1. The maximum Gasteiger partial charge on any atom is 0.257 e. The molecule has 0 unspecified atom stereocenters. The lowest BCUT2D eigenvalue weighted by molar-refractivity contribution is 0.102. The highest BCUT2D eigenvalue weighted by Gasteiger charge is 2.13. The molecule has 0 radical (unpaired) electrons. The van der Waals surface area contributed by atoms with Gasteiger partial charge in [-0.15, -0.1) is 0 Å². The van der Waals surface area contributed by atoms with Crippen LogP contribution in [-0.2, 0) is 6.54 Å². The molecule has 1 amide bonds. The second-order valence-electron chi connectivity index (χ2n) is 5.94. The number of amides is 1. The molecule has 0 saturated carbocycles. The summed E-state index contributed by atoms with van der Waals surface area (Å²) in [5.74, 6) is 0.351. The Kier molecular flexibility index (Phi) is 4.79. The Hall–Kier alpha value is -2.89. The molecule has 27 heavy (non-hydrogen) atoms. The predicted molar refractivity (Wildman–Crippen MR) is 107 cm³/mol. The fourth-order valence-corrected chi connectivity index (χ4v) is 3.33. The van der Waals surface area contributed by atoms with Crippen molar-refractivity contribution >= 4 is 45.8 Å². The Bertz CT molecular complexity index is 1130. The number of hydrogen-bond acceptors (Lipinski definition) is 3. The number of nitrogens with one attached hydrogen (secondary N) is 1. The van der Waals surface area contributed by atoms with Crippen molar-refractivity contribution in [1.29, 1.82) is 0 Å². The molecule has 7 heteroatoms. The van der Waals surface area contributed by atoms with Crippen LogP contribution in [0.4, 0.5) is 5.82 Å². The third-order valence-corrected chi connectivity index (χ3v) is 4.77. The summed E-state index contributed by atoms with van der Waals surface area (Å²) in [6, 6.07) is 16.2. The van der Waals surface area contributed by atoms with Crippen molar-refractivity contribution in [2.24, 2.45) is 0 Å². The number of carbonyl (C=O) groups is 1. The van der Waals surface area contributed by atoms with Gasteiger partial charge in [0.25, 0.3) is 5.91 Å². The van der Waals surface area contributed by atoms with E-state index in [9.17, 15) is 4.79 Å². The lowest BCUT2D eigenvalue weighted by Gasteiger charge is -2.11. The normalized spacial score (nSPS) is 10.9. The van der Waals surface area contributed by atoms with Crippen LogP contribution in [0.3, 0.4) is 0 Å². The minimum absolute atomic E-state index is 0.224. The van der Waals surface area contributed by atoms with Gasteiger partial charge in [0.2, 0.25) is 0 Å². The zero-order valence-electron chi connectivity index (χ0n) is 14.1. The first kappa shape index (κ1) is 17.5. The molecule has 134 valence electrons. The Morgan fingerprint density at radius 2 is 1.93 bits per heavy atom. The van der Waals surface area contributed by atoms with E-state index in [1.54, 1.807) is 41.3 Å². The van der Waals surface area contributed by atoms with Crippen molar-refractivity contribution in [2.75, 3.05) is 5.32 Å². The summed E-state index contributed by atoms with van der Waals surface area (Å²) in [5.41, 5.74) is 2.18. The van der Waals surface area contributed by atoms with Crippen LogP contribution in [0.15, 0.2) is 67.0 Å². The van der Waals surface area contributed by atoms with Crippen LogP contribution in [0.1, 0.15) is 15.9 Å². The number of pyridine rings is 1. The van der Waals surface area contributed by atoms with E-state index in [2.05, 4.69) is 15.4 Å². The minimum Gasteiger partial charge on any atom is -0.307 e. The number of aromatic nitrogens is 3. The smallest absolute Gasteiger partial charge is 0.257 e. The van der Waals surface area contributed by atoms with Gasteiger partial charge in [0, 0.05) is 33.3 Å². The van der Waals surface area contributed by atoms with Crippen LogP contribution in [-0.4, -0.2) is 20.7 Å². The number of anilines is 1. The summed E-state index contributed by atoms with van der Waals surface area (Å²) in [4.78, 5) is 17.1. The predicted octanol–water partition coefficient (Wildman–Crippen LogP) is 5.04. The Labute approximate surface area is 165 Å². The summed E-state index contributed by atoms with van der Waals surface area (Å²) >= 11 is 12.2. The highest BCUT2D eigenvalue weighted by Crippen LogP contribution is 2.23. The van der Waals surface area contributed by atoms with Gasteiger partial charge in [-0.25, -0.2) is 4.68 Å². The van der Waals surface area contributed by atoms with Crippen LogP contribution in [0, 0.1) is 0 Å². The summed E-state index contributed by atoms with van der Waals surface area (Å²) in [6.45, 7) is 0.412. The van der Waals surface area contributed by atoms with Gasteiger partial charge in [0.15, 0.2) is 0 Å². The quantitative estimate of drug-likeness (QED) is 0.525. The number of hydrogen-bond donors (Lipinski definition) is 1. The molecule has 0 aliphatic heterocycles. The van der Waals surface area contributed by atoms with Crippen molar-refractivity contribution in [1.82, 2.24) is 14.8 Å². The highest BCUT2D eigenvalue weighted by atomic mass is 35.5. The Morgan fingerprint density at radius 1 is 1.04 bits per heavy atom. The average Bonchev–Trinajstić information content (AvgIpc) is 3.10. The molecular weight excluding hydrogens is 383 g/mol. The number of fused-ring (bicyclic) bond motifs is 1. The van der Waals surface area contributed by atoms with Crippen LogP contribution >= 0.6 is 23.2 Å². The molecule has 0 atom stereocenters. The second kappa shape index (κ2) is 7.39. The van der Waals surface area contributed by atoms with Gasteiger partial charge in [-0.1, -0.05) is 41.4 Å². The van der Waals surface area contributed by atoms with Gasteiger partial charge in [-0.2, -0.15) is 5.10 Å². The first-order valence-electron chi connectivity index (χ1n) is 8.22. The molecule has 2 aromatic carbocycles. The molecule has 4 aromatic rings. The zero-order chi connectivity index (χ0) is 18.8. The number of carbonyl (C=O) groups excluding carboxylic acids is 1. The third kappa shape index (κ3) is 3.65. The van der Waals surface area contributed by atoms with Crippen molar-refractivity contribution in [3.8, 4) is 0 Å². The number of halogens is 2. The summed E-state index contributed by atoms with van der Waals surface area (Å²) in [6.07, 6.45) is 3.33. The van der Waals surface area contributed by atoms with E-state index in [1.807, 2.05) is 30.3 Å². The van der Waals surface area contributed by atoms with Crippen LogP contribution in [0.25, 0.3) is 10.9 Å². The average molecular weight is 397 g/mol. The monoisotopic (exact) mass is 396 g/mol. The highest BCUT2D eigenvalue weighted by molar-refractivity contribution is 6.35. The molecule has 5 nitrogen and oxygen atoms in total. The summed E-state index contributed by atoms with van der Waals surface area (Å²) in [7, 11) is 0. The van der Waals surface area contributed by atoms with E-state index < -0.39 is 0 Å². The largest absolute Gasteiger partial charge is 0.307 e. The summed E-state index contributed by atoms with van der Waals surface area (Å²) in [5, 5.41) is 9.12. The van der Waals surface area contributed by atoms with E-state index >= 15 is 0 Å². The molecular formula is C20H14Cl2N4O. The molecule has 0 aliphatic rings. The number of nitrogens with zero attached hydrogens (tertiary/aromatic N) is 3. The van der Waals surface area contributed by atoms with Gasteiger partial charge in [0.1, 0.15) is 5.82 Å². The molecule has 0 aliphatic carbocycles. The zero-order valence-corrected chi connectivity index (χ0v) is 15.6. The molecule has 2 heterocycles. The van der Waals surface area contributed by atoms with Gasteiger partial charge < -0.3 is 5.32 Å². The SMILES string of the molecule is O=C(Nc1ccnn1Cc1ccc(Cl)cc1Cl)c1cccc2ncccc12. The molecule has 0 bridgehead atoms. The van der Waals surface area contributed by atoms with E-state index in [0.29, 0.717) is 28.0 Å². The molecule has 0 spiro atoms. The van der Waals surface area contributed by atoms with Crippen molar-refractivity contribution < 1.29 is 4.79 Å². The minimum atomic E-state index is -0.224. The van der Waals surface area contributed by atoms with Gasteiger partial charge in [0.05, 0.1) is 18.3 Å². The molecule has 0 fully saturated rings. The standard InChI is InChI=1S/C20H14Cl2N4O/c21-14-7-6-13(17(22)11-14)12-26-19(8-10-24-26)25-20(27)16-3-1-5-18-15(16)4-2-9-23-18/h1-11H,12H2,(H,25,27). The number of rotatable bonds is 4. The molecule has 1 N–H and O–H groups in total. The van der Waals surface area contributed by atoms with E-state index in [1.165, 1.54) is 0 Å². The third-order valence-electron chi connectivity index (χ3n) is 4.18. The molecule has 0 saturated heterocycles. The summed E-state index contributed by atoms with van der Waals surface area (Å²) < 4.78 is 1.68. The van der Waals surface area contributed by atoms with Crippen molar-refractivity contribution in [3.63, 3.8) is 0 Å². The Morgan fingerprint density at radius 3 is 2.78 bits per heavy atom. The van der Waals surface area contributed by atoms with Crippen LogP contribution < -0.4 is 5.32 Å². The first-order chi connectivity index (χ1) is 13.1. The van der Waals surface area contributed by atoms with Crippen LogP contribution in [0.5, 0.6) is 0 Å². The lowest BCUT2D eigenvalue weighted by Crippen LogP contribution is -2.16. The maximum atomic E-state index is 12.8. The maximum absolute atomic E-state index is 12.8. The van der Waals surface area contributed by atoms with E-state index in [0.717, 1.165) is 16.5 Å². The van der Waals surface area contributed by atoms with Gasteiger partial charge in [-0.05, 0) is 35.9 Å². The van der Waals surface area contributed by atoms with E-state index in [4.69, 9.17) is 23.2 Å². The fourth-order valence-electron chi connectivity index (χ4n) is 2.86. The first-order valence-corrected chi connectivity index (χ1v) is 8.98. The molecule has 4 rings (SSSR count). The Balaban J connectivity index is 1.60. The fraction of sp³-hybridized carbons (Fsp3) is 0.0500. The van der Waals surface area contributed by atoms with Gasteiger partial charge >= 0.3 is 0 Å². The van der Waals surface area contributed by atoms with E-state index in [-0.39, 0.29) is 5.91 Å². The molecule has 2 aromatic heterocycles.